The highest BCUT2D eigenvalue weighted by Gasteiger charge is 2.25. The molecule has 0 spiro atoms. The summed E-state index contributed by atoms with van der Waals surface area (Å²) in [5.74, 6) is 0.226. The summed E-state index contributed by atoms with van der Waals surface area (Å²) in [4.78, 5) is 0. The van der Waals surface area contributed by atoms with E-state index in [0.29, 0.717) is 41.0 Å². The van der Waals surface area contributed by atoms with Gasteiger partial charge in [0.1, 0.15) is 0 Å². The number of ether oxygens (including phenoxy) is 2. The Morgan fingerprint density at radius 1 is 0.909 bits per heavy atom. The molecular formula is C17H20O5. The number of benzene rings is 2. The Balaban J connectivity index is 2.72. The monoisotopic (exact) mass is 304 g/mol. The number of phenols is 2. The molecule has 0 heterocycles. The zero-order valence-corrected chi connectivity index (χ0v) is 12.7. The predicted octanol–water partition coefficient (Wildman–Crippen LogP) is 2.71. The Hall–Kier alpha value is -2.40. The summed E-state index contributed by atoms with van der Waals surface area (Å²) in [5.41, 5.74) is 1.51. The highest BCUT2D eigenvalue weighted by molar-refractivity contribution is 5.84. The molecule has 0 amide bonds. The number of hydrogen-bond donors (Lipinski definition) is 3. The smallest absolute Gasteiger partial charge is 0.172 e. The first-order valence-electron chi connectivity index (χ1n) is 7.00. The molecule has 22 heavy (non-hydrogen) atoms. The third-order valence-electron chi connectivity index (χ3n) is 3.51. The van der Waals surface area contributed by atoms with Gasteiger partial charge in [0.05, 0.1) is 19.8 Å². The SMILES string of the molecule is COc1c(CCCO)c(O)c(O)c(-c2ccccc2)c1OC. The topological polar surface area (TPSA) is 79.2 Å². The van der Waals surface area contributed by atoms with E-state index in [1.54, 1.807) is 0 Å². The molecule has 0 unspecified atom stereocenters. The normalized spacial score (nSPS) is 10.5. The van der Waals surface area contributed by atoms with Crippen molar-refractivity contribution in [1.29, 1.82) is 0 Å². The van der Waals surface area contributed by atoms with E-state index >= 15 is 0 Å². The van der Waals surface area contributed by atoms with E-state index in [-0.39, 0.29) is 18.1 Å². The second-order valence-electron chi connectivity index (χ2n) is 4.81. The Morgan fingerprint density at radius 2 is 1.55 bits per heavy atom. The lowest BCUT2D eigenvalue weighted by Crippen LogP contribution is -2.01. The summed E-state index contributed by atoms with van der Waals surface area (Å²) in [6.07, 6.45) is 0.807. The quantitative estimate of drug-likeness (QED) is 0.715. The third kappa shape index (κ3) is 2.80. The highest BCUT2D eigenvalue weighted by atomic mass is 16.5. The first kappa shape index (κ1) is 16.0. The zero-order valence-electron chi connectivity index (χ0n) is 12.7. The van der Waals surface area contributed by atoms with Gasteiger partial charge in [0.25, 0.3) is 0 Å². The van der Waals surface area contributed by atoms with E-state index in [1.165, 1.54) is 14.2 Å². The molecule has 0 aliphatic rings. The van der Waals surface area contributed by atoms with Crippen LogP contribution in [0.1, 0.15) is 12.0 Å². The Labute approximate surface area is 129 Å². The van der Waals surface area contributed by atoms with Crippen LogP contribution in [0.3, 0.4) is 0 Å². The summed E-state index contributed by atoms with van der Waals surface area (Å²) in [6.45, 7) is -0.0217. The fourth-order valence-electron chi connectivity index (χ4n) is 2.50. The molecule has 2 rings (SSSR count). The maximum Gasteiger partial charge on any atom is 0.172 e. The average molecular weight is 304 g/mol. The van der Waals surface area contributed by atoms with Crippen molar-refractivity contribution in [2.75, 3.05) is 20.8 Å². The van der Waals surface area contributed by atoms with Crippen molar-refractivity contribution in [2.24, 2.45) is 0 Å². The molecule has 0 saturated heterocycles. The van der Waals surface area contributed by atoms with Crippen molar-refractivity contribution in [2.45, 2.75) is 12.8 Å². The molecule has 2 aromatic carbocycles. The minimum Gasteiger partial charge on any atom is -0.504 e. The van der Waals surface area contributed by atoms with E-state index in [2.05, 4.69) is 0 Å². The Morgan fingerprint density at radius 3 is 2.09 bits per heavy atom. The van der Waals surface area contributed by atoms with E-state index in [4.69, 9.17) is 14.6 Å². The van der Waals surface area contributed by atoms with Gasteiger partial charge < -0.3 is 24.8 Å². The van der Waals surface area contributed by atoms with E-state index < -0.39 is 0 Å². The lowest BCUT2D eigenvalue weighted by atomic mass is 9.97. The molecule has 2 aromatic rings. The molecular weight excluding hydrogens is 284 g/mol. The maximum atomic E-state index is 10.4. The standard InChI is InChI=1S/C17H20O5/c1-21-16-12(9-6-10-18)14(19)15(20)13(17(16)22-2)11-7-4-3-5-8-11/h3-5,7-8,18-20H,6,9-10H2,1-2H3. The molecule has 0 atom stereocenters. The zero-order chi connectivity index (χ0) is 16.1. The minimum absolute atomic E-state index is 0.0217. The van der Waals surface area contributed by atoms with E-state index in [9.17, 15) is 10.2 Å². The van der Waals surface area contributed by atoms with Gasteiger partial charge in [0, 0.05) is 12.2 Å². The molecule has 5 nitrogen and oxygen atoms in total. The van der Waals surface area contributed by atoms with Gasteiger partial charge in [-0.25, -0.2) is 0 Å². The van der Waals surface area contributed by atoms with Crippen molar-refractivity contribution in [3.05, 3.63) is 35.9 Å². The number of aliphatic hydroxyl groups excluding tert-OH is 1. The fraction of sp³-hybridized carbons (Fsp3) is 0.294. The Bertz CT molecular complexity index is 637. The molecule has 5 heteroatoms. The van der Waals surface area contributed by atoms with Crippen molar-refractivity contribution < 1.29 is 24.8 Å². The first-order chi connectivity index (χ1) is 10.7. The molecule has 0 fully saturated rings. The lowest BCUT2D eigenvalue weighted by Gasteiger charge is -2.20. The largest absolute Gasteiger partial charge is 0.504 e. The van der Waals surface area contributed by atoms with Crippen molar-refractivity contribution in [3.63, 3.8) is 0 Å². The van der Waals surface area contributed by atoms with Crippen LogP contribution in [0, 0.1) is 0 Å². The molecule has 0 aliphatic heterocycles. The van der Waals surface area contributed by atoms with Gasteiger partial charge >= 0.3 is 0 Å². The summed E-state index contributed by atoms with van der Waals surface area (Å²) < 4.78 is 10.8. The number of hydrogen-bond acceptors (Lipinski definition) is 5. The molecule has 118 valence electrons. The summed E-state index contributed by atoms with van der Waals surface area (Å²) in [5, 5.41) is 29.7. The van der Waals surface area contributed by atoms with Gasteiger partial charge in [0.2, 0.25) is 0 Å². The number of aliphatic hydroxyl groups is 1. The van der Waals surface area contributed by atoms with Gasteiger partial charge in [0.15, 0.2) is 23.0 Å². The molecule has 0 radical (unpaired) electrons. The summed E-state index contributed by atoms with van der Waals surface area (Å²) >= 11 is 0. The molecule has 0 saturated carbocycles. The van der Waals surface area contributed by atoms with Crippen LogP contribution in [0.4, 0.5) is 0 Å². The first-order valence-corrected chi connectivity index (χ1v) is 7.00. The predicted molar refractivity (Wildman–Crippen MR) is 83.7 cm³/mol. The average Bonchev–Trinajstić information content (AvgIpc) is 2.56. The van der Waals surface area contributed by atoms with Crippen LogP contribution in [0.25, 0.3) is 11.1 Å². The minimum atomic E-state index is -0.253. The van der Waals surface area contributed by atoms with Crippen LogP contribution in [-0.4, -0.2) is 36.1 Å². The third-order valence-corrected chi connectivity index (χ3v) is 3.51. The van der Waals surface area contributed by atoms with Crippen LogP contribution < -0.4 is 9.47 Å². The van der Waals surface area contributed by atoms with Crippen LogP contribution >= 0.6 is 0 Å². The molecule has 3 N–H and O–H groups in total. The molecule has 0 aliphatic carbocycles. The number of rotatable bonds is 6. The van der Waals surface area contributed by atoms with Gasteiger partial charge in [-0.05, 0) is 18.4 Å². The number of phenolic OH excluding ortho intramolecular Hbond substituents is 2. The number of aromatic hydroxyl groups is 2. The second kappa shape index (κ2) is 7.04. The van der Waals surface area contributed by atoms with Crippen molar-refractivity contribution in [3.8, 4) is 34.1 Å². The van der Waals surface area contributed by atoms with Crippen LogP contribution in [0.15, 0.2) is 30.3 Å². The van der Waals surface area contributed by atoms with E-state index in [1.807, 2.05) is 30.3 Å². The van der Waals surface area contributed by atoms with Crippen LogP contribution in [0.2, 0.25) is 0 Å². The van der Waals surface area contributed by atoms with Crippen molar-refractivity contribution in [1.82, 2.24) is 0 Å². The lowest BCUT2D eigenvalue weighted by molar-refractivity contribution is 0.285. The number of methoxy groups -OCH3 is 2. The molecule has 0 aromatic heterocycles. The summed E-state index contributed by atoms with van der Waals surface area (Å²) in [7, 11) is 2.96. The van der Waals surface area contributed by atoms with Gasteiger partial charge in [-0.15, -0.1) is 0 Å². The van der Waals surface area contributed by atoms with Gasteiger partial charge in [-0.3, -0.25) is 0 Å². The fourth-order valence-corrected chi connectivity index (χ4v) is 2.50. The van der Waals surface area contributed by atoms with Crippen molar-refractivity contribution >= 4 is 0 Å². The van der Waals surface area contributed by atoms with Crippen LogP contribution in [-0.2, 0) is 6.42 Å². The second-order valence-corrected chi connectivity index (χ2v) is 4.81. The summed E-state index contributed by atoms with van der Waals surface area (Å²) in [6, 6.07) is 9.14. The van der Waals surface area contributed by atoms with Gasteiger partial charge in [-0.2, -0.15) is 0 Å². The maximum absolute atomic E-state index is 10.4. The highest BCUT2D eigenvalue weighted by Crippen LogP contribution is 2.52. The van der Waals surface area contributed by atoms with Crippen LogP contribution in [0.5, 0.6) is 23.0 Å². The Kier molecular flexibility index (Phi) is 5.12. The van der Waals surface area contributed by atoms with E-state index in [0.717, 1.165) is 0 Å². The molecule has 0 bridgehead atoms. The van der Waals surface area contributed by atoms with Gasteiger partial charge in [-0.1, -0.05) is 30.3 Å².